The number of rotatable bonds is 3. The summed E-state index contributed by atoms with van der Waals surface area (Å²) in [6.07, 6.45) is 6.47. The number of aliphatic imine (C=N–C) groups is 1. The lowest BCUT2D eigenvalue weighted by atomic mass is 10.5. The summed E-state index contributed by atoms with van der Waals surface area (Å²) in [5.41, 5.74) is 2.58. The highest BCUT2D eigenvalue weighted by molar-refractivity contribution is 5.87. The van der Waals surface area contributed by atoms with Gasteiger partial charge in [0.25, 0.3) is 0 Å². The van der Waals surface area contributed by atoms with Crippen molar-refractivity contribution in [2.24, 2.45) is 4.99 Å². The number of nitrogens with zero attached hydrogens (tertiary/aromatic N) is 1. The maximum absolute atomic E-state index is 4.81. The van der Waals surface area contributed by atoms with Crippen molar-refractivity contribution in [3.63, 3.8) is 0 Å². The molecule has 0 aromatic rings. The minimum absolute atomic E-state index is 0.485. The average Bonchev–Trinajstić information content (AvgIpc) is 2.05. The van der Waals surface area contributed by atoms with Gasteiger partial charge < -0.3 is 4.74 Å². The number of methoxy groups -OCH3 is 1. The molecule has 0 unspecified atom stereocenters. The third kappa shape index (κ3) is 4.94. The Labute approximate surface area is 66.9 Å². The van der Waals surface area contributed by atoms with E-state index in [1.807, 2.05) is 0 Å². The molecule has 0 aliphatic carbocycles. The second kappa shape index (κ2) is 6.59. The van der Waals surface area contributed by atoms with Crippen LogP contribution >= 0.6 is 0 Å². The monoisotopic (exact) mass is 149 g/mol. The van der Waals surface area contributed by atoms with Crippen molar-refractivity contribution in [2.75, 3.05) is 7.11 Å². The van der Waals surface area contributed by atoms with Crippen LogP contribution in [0, 0.1) is 0 Å². The summed E-state index contributed by atoms with van der Waals surface area (Å²) in [6.45, 7) is 6.89. The molecule has 0 aliphatic heterocycles. The molecule has 0 fully saturated rings. The average molecular weight is 149 g/mol. The van der Waals surface area contributed by atoms with Crippen molar-refractivity contribution < 1.29 is 4.74 Å². The molecule has 0 radical (unpaired) electrons. The molecule has 11 heavy (non-hydrogen) atoms. The van der Waals surface area contributed by atoms with Gasteiger partial charge in [0.05, 0.1) is 7.11 Å². The van der Waals surface area contributed by atoms with E-state index < -0.39 is 0 Å². The summed E-state index contributed by atoms with van der Waals surface area (Å²) in [5, 5.41) is 0. The Bertz CT molecular complexity index is 220. The lowest BCUT2D eigenvalue weighted by Gasteiger charge is -1.92. The zero-order chi connectivity index (χ0) is 8.53. The molecule has 0 bridgehead atoms. The molecule has 0 aromatic heterocycles. The first-order chi connectivity index (χ1) is 5.35. The van der Waals surface area contributed by atoms with E-state index in [9.17, 15) is 0 Å². The maximum Gasteiger partial charge on any atom is 0.212 e. The summed E-state index contributed by atoms with van der Waals surface area (Å²) in [6, 6.07) is 0. The molecule has 0 atom stereocenters. The first-order valence-electron chi connectivity index (χ1n) is 3.10. The van der Waals surface area contributed by atoms with E-state index in [-0.39, 0.29) is 0 Å². The van der Waals surface area contributed by atoms with Crippen LogP contribution in [0.4, 0.5) is 0 Å². The SMILES string of the molecule is C=C=C/C=C\N=C(/C=C)OC. The standard InChI is InChI=1S/C9H11NO/c1-4-6-7-8-10-9(5-2)11-3/h5-8H,1-2H2,3H3/b8-7-,10-9+. The van der Waals surface area contributed by atoms with Crippen LogP contribution in [0.1, 0.15) is 0 Å². The molecular weight excluding hydrogens is 138 g/mol. The molecule has 2 heteroatoms. The fourth-order valence-corrected chi connectivity index (χ4v) is 0.416. The van der Waals surface area contributed by atoms with Gasteiger partial charge in [0.2, 0.25) is 5.90 Å². The van der Waals surface area contributed by atoms with E-state index in [1.54, 1.807) is 18.4 Å². The molecule has 2 nitrogen and oxygen atoms in total. The van der Waals surface area contributed by atoms with Crippen LogP contribution in [0.2, 0.25) is 0 Å². The molecule has 0 spiro atoms. The molecule has 0 heterocycles. The second-order valence-electron chi connectivity index (χ2n) is 1.59. The van der Waals surface area contributed by atoms with Crippen molar-refractivity contribution in [1.29, 1.82) is 0 Å². The van der Waals surface area contributed by atoms with Gasteiger partial charge in [-0.05, 0) is 18.2 Å². The minimum Gasteiger partial charge on any atom is -0.481 e. The molecule has 0 aromatic carbocycles. The lowest BCUT2D eigenvalue weighted by molar-refractivity contribution is 0.407. The summed E-state index contributed by atoms with van der Waals surface area (Å²) in [5.74, 6) is 0.485. The third-order valence-electron chi connectivity index (χ3n) is 0.886. The van der Waals surface area contributed by atoms with Gasteiger partial charge in [0, 0.05) is 6.20 Å². The molecule has 0 rings (SSSR count). The highest BCUT2D eigenvalue weighted by Gasteiger charge is 1.82. The van der Waals surface area contributed by atoms with Gasteiger partial charge in [0.1, 0.15) is 0 Å². The molecular formula is C9H11NO. The maximum atomic E-state index is 4.81. The van der Waals surface area contributed by atoms with Crippen molar-refractivity contribution in [1.82, 2.24) is 0 Å². The highest BCUT2D eigenvalue weighted by Crippen LogP contribution is 1.83. The molecule has 58 valence electrons. The Morgan fingerprint density at radius 1 is 1.64 bits per heavy atom. The van der Waals surface area contributed by atoms with E-state index in [0.29, 0.717) is 5.90 Å². The van der Waals surface area contributed by atoms with Crippen LogP contribution in [0.25, 0.3) is 0 Å². The van der Waals surface area contributed by atoms with Crippen LogP contribution in [-0.4, -0.2) is 13.0 Å². The van der Waals surface area contributed by atoms with E-state index >= 15 is 0 Å². The number of hydrogen-bond acceptors (Lipinski definition) is 2. The van der Waals surface area contributed by atoms with Crippen LogP contribution in [0.3, 0.4) is 0 Å². The van der Waals surface area contributed by atoms with Crippen LogP contribution in [-0.2, 0) is 4.74 Å². The van der Waals surface area contributed by atoms with Gasteiger partial charge in [-0.25, -0.2) is 4.99 Å². The first kappa shape index (κ1) is 9.47. The number of allylic oxidation sites excluding steroid dienone is 2. The Balaban J connectivity index is 4.07. The van der Waals surface area contributed by atoms with E-state index in [0.717, 1.165) is 0 Å². The van der Waals surface area contributed by atoms with Gasteiger partial charge in [-0.1, -0.05) is 13.2 Å². The lowest BCUT2D eigenvalue weighted by Crippen LogP contribution is -1.93. The van der Waals surface area contributed by atoms with E-state index in [2.05, 4.69) is 23.9 Å². The van der Waals surface area contributed by atoms with Gasteiger partial charge in [-0.3, -0.25) is 0 Å². The van der Waals surface area contributed by atoms with Gasteiger partial charge in [-0.15, -0.1) is 5.73 Å². The zero-order valence-corrected chi connectivity index (χ0v) is 6.58. The van der Waals surface area contributed by atoms with Crippen LogP contribution in [0.15, 0.2) is 48.3 Å². The summed E-state index contributed by atoms with van der Waals surface area (Å²) in [7, 11) is 1.54. The molecule has 0 N–H and O–H groups in total. The topological polar surface area (TPSA) is 21.6 Å². The van der Waals surface area contributed by atoms with Crippen molar-refractivity contribution >= 4 is 5.90 Å². The van der Waals surface area contributed by atoms with Gasteiger partial charge >= 0.3 is 0 Å². The fourth-order valence-electron chi connectivity index (χ4n) is 0.416. The zero-order valence-electron chi connectivity index (χ0n) is 6.58. The Morgan fingerprint density at radius 2 is 2.36 bits per heavy atom. The predicted molar refractivity (Wildman–Crippen MR) is 47.5 cm³/mol. The summed E-state index contributed by atoms with van der Waals surface area (Å²) < 4.78 is 4.81. The van der Waals surface area contributed by atoms with E-state index in [4.69, 9.17) is 4.74 Å². The predicted octanol–water partition coefficient (Wildman–Crippen LogP) is 2.07. The largest absolute Gasteiger partial charge is 0.481 e. The van der Waals surface area contributed by atoms with Crippen molar-refractivity contribution in [3.05, 3.63) is 43.3 Å². The molecule has 0 aliphatic rings. The van der Waals surface area contributed by atoms with Crippen molar-refractivity contribution in [3.8, 4) is 0 Å². The quantitative estimate of drug-likeness (QED) is 0.260. The molecule has 0 amide bonds. The van der Waals surface area contributed by atoms with Crippen LogP contribution in [0.5, 0.6) is 0 Å². The van der Waals surface area contributed by atoms with Crippen molar-refractivity contribution in [2.45, 2.75) is 0 Å². The normalized spacial score (nSPS) is 10.8. The Hall–Kier alpha value is -1.53. The summed E-state index contributed by atoms with van der Waals surface area (Å²) in [4.78, 5) is 3.90. The molecule has 0 saturated carbocycles. The first-order valence-corrected chi connectivity index (χ1v) is 3.10. The number of ether oxygens (including phenoxy) is 1. The Kier molecular flexibility index (Phi) is 5.67. The second-order valence-corrected chi connectivity index (χ2v) is 1.59. The smallest absolute Gasteiger partial charge is 0.212 e. The Morgan fingerprint density at radius 3 is 2.82 bits per heavy atom. The third-order valence-corrected chi connectivity index (χ3v) is 0.886. The van der Waals surface area contributed by atoms with E-state index in [1.165, 1.54) is 13.2 Å². The van der Waals surface area contributed by atoms with Gasteiger partial charge in [0.15, 0.2) is 0 Å². The van der Waals surface area contributed by atoms with Crippen LogP contribution < -0.4 is 0 Å². The van der Waals surface area contributed by atoms with Gasteiger partial charge in [-0.2, -0.15) is 0 Å². The highest BCUT2D eigenvalue weighted by atomic mass is 16.5. The minimum atomic E-state index is 0.485. The molecule has 0 saturated heterocycles. The number of hydrogen-bond donors (Lipinski definition) is 0. The fraction of sp³-hybridized carbons (Fsp3) is 0.111. The summed E-state index contributed by atoms with van der Waals surface area (Å²) >= 11 is 0.